The highest BCUT2D eigenvalue weighted by Gasteiger charge is 2.13. The summed E-state index contributed by atoms with van der Waals surface area (Å²) < 4.78 is 17.6. The number of rotatable bonds is 3. The maximum atomic E-state index is 13.1. The summed E-state index contributed by atoms with van der Waals surface area (Å²) >= 11 is 0. The standard InChI is InChI=1S/C14H13FN2O3/c1-3-20-14(19)17-13(18)11(8-16)7-10-4-5-12(15)9(2)6-10/h4-7H,3H2,1-2H3,(H,17,18,19)/b11-7-. The Hall–Kier alpha value is -2.68. The summed E-state index contributed by atoms with van der Waals surface area (Å²) in [7, 11) is 0. The molecule has 20 heavy (non-hydrogen) atoms. The van der Waals surface area contributed by atoms with Crippen molar-refractivity contribution < 1.29 is 18.7 Å². The van der Waals surface area contributed by atoms with Gasteiger partial charge in [-0.2, -0.15) is 5.26 Å². The van der Waals surface area contributed by atoms with Crippen molar-refractivity contribution in [3.05, 3.63) is 40.7 Å². The highest BCUT2D eigenvalue weighted by atomic mass is 19.1. The molecule has 0 aliphatic carbocycles. The Morgan fingerprint density at radius 2 is 2.20 bits per heavy atom. The number of carbonyl (C=O) groups is 2. The van der Waals surface area contributed by atoms with Crippen LogP contribution in [0.25, 0.3) is 6.08 Å². The molecule has 0 unspecified atom stereocenters. The molecule has 0 radical (unpaired) electrons. The number of hydrogen-bond acceptors (Lipinski definition) is 4. The highest BCUT2D eigenvalue weighted by molar-refractivity contribution is 6.07. The largest absolute Gasteiger partial charge is 0.450 e. The van der Waals surface area contributed by atoms with E-state index in [9.17, 15) is 14.0 Å². The van der Waals surface area contributed by atoms with Crippen LogP contribution in [0.1, 0.15) is 18.1 Å². The number of aryl methyl sites for hydroxylation is 1. The maximum absolute atomic E-state index is 13.1. The van der Waals surface area contributed by atoms with Crippen molar-refractivity contribution in [1.82, 2.24) is 5.32 Å². The van der Waals surface area contributed by atoms with E-state index in [2.05, 4.69) is 4.74 Å². The molecule has 0 heterocycles. The van der Waals surface area contributed by atoms with E-state index in [0.717, 1.165) is 0 Å². The first-order valence-electron chi connectivity index (χ1n) is 5.84. The van der Waals surface area contributed by atoms with Crippen LogP contribution < -0.4 is 5.32 Å². The van der Waals surface area contributed by atoms with Gasteiger partial charge in [-0.3, -0.25) is 10.1 Å². The number of halogens is 1. The minimum Gasteiger partial charge on any atom is -0.450 e. The second-order valence-corrected chi connectivity index (χ2v) is 3.85. The van der Waals surface area contributed by atoms with Crippen LogP contribution >= 0.6 is 0 Å². The lowest BCUT2D eigenvalue weighted by molar-refractivity contribution is -0.116. The first-order valence-corrected chi connectivity index (χ1v) is 5.84. The van der Waals surface area contributed by atoms with Crippen molar-refractivity contribution in [2.45, 2.75) is 13.8 Å². The number of benzene rings is 1. The molecule has 0 bridgehead atoms. The molecule has 0 atom stereocenters. The number of nitrogens with one attached hydrogen (secondary N) is 1. The van der Waals surface area contributed by atoms with Gasteiger partial charge in [0.15, 0.2) is 0 Å². The molecule has 104 valence electrons. The van der Waals surface area contributed by atoms with Gasteiger partial charge in [-0.15, -0.1) is 0 Å². The SMILES string of the molecule is CCOC(=O)NC(=O)/C(C#N)=C\c1ccc(F)c(C)c1. The number of nitrogens with zero attached hydrogens (tertiary/aromatic N) is 1. The van der Waals surface area contributed by atoms with Gasteiger partial charge >= 0.3 is 6.09 Å². The predicted octanol–water partition coefficient (Wildman–Crippen LogP) is 2.31. The Labute approximate surface area is 115 Å². The third kappa shape index (κ3) is 4.21. The van der Waals surface area contributed by atoms with Crippen molar-refractivity contribution in [3.8, 4) is 6.07 Å². The molecule has 0 spiro atoms. The van der Waals surface area contributed by atoms with E-state index in [1.807, 2.05) is 5.32 Å². The molecule has 1 aromatic carbocycles. The molecule has 1 rings (SSSR count). The molecule has 0 saturated heterocycles. The minimum absolute atomic E-state index is 0.113. The van der Waals surface area contributed by atoms with Crippen LogP contribution in [0.5, 0.6) is 0 Å². The molecule has 0 saturated carbocycles. The van der Waals surface area contributed by atoms with Gasteiger partial charge in [0, 0.05) is 0 Å². The fraction of sp³-hybridized carbons (Fsp3) is 0.214. The van der Waals surface area contributed by atoms with Crippen LogP contribution in [0, 0.1) is 24.1 Å². The Morgan fingerprint density at radius 1 is 1.50 bits per heavy atom. The zero-order chi connectivity index (χ0) is 15.1. The van der Waals surface area contributed by atoms with Crippen LogP contribution in [-0.4, -0.2) is 18.6 Å². The van der Waals surface area contributed by atoms with E-state index in [1.165, 1.54) is 24.3 Å². The lowest BCUT2D eigenvalue weighted by Gasteiger charge is -2.03. The van der Waals surface area contributed by atoms with Gasteiger partial charge in [0.25, 0.3) is 5.91 Å². The molecule has 0 aliphatic heterocycles. The Morgan fingerprint density at radius 3 is 2.75 bits per heavy atom. The van der Waals surface area contributed by atoms with E-state index in [4.69, 9.17) is 5.26 Å². The van der Waals surface area contributed by atoms with Gasteiger partial charge in [-0.25, -0.2) is 9.18 Å². The van der Waals surface area contributed by atoms with Gasteiger partial charge in [-0.05, 0) is 43.2 Å². The summed E-state index contributed by atoms with van der Waals surface area (Å²) in [6.45, 7) is 3.27. The van der Waals surface area contributed by atoms with Gasteiger partial charge in [-0.1, -0.05) is 6.07 Å². The smallest absolute Gasteiger partial charge is 0.414 e. The summed E-state index contributed by atoms with van der Waals surface area (Å²) in [5.74, 6) is -1.25. The quantitative estimate of drug-likeness (QED) is 0.678. The van der Waals surface area contributed by atoms with Crippen LogP contribution in [0.3, 0.4) is 0 Å². The molecular weight excluding hydrogens is 263 g/mol. The molecule has 0 aliphatic rings. The molecule has 0 fully saturated rings. The molecule has 1 N–H and O–H groups in total. The average Bonchev–Trinajstić information content (AvgIpc) is 2.40. The number of carbonyl (C=O) groups excluding carboxylic acids is 2. The highest BCUT2D eigenvalue weighted by Crippen LogP contribution is 2.12. The normalized spacial score (nSPS) is 10.6. The van der Waals surface area contributed by atoms with Crippen molar-refractivity contribution >= 4 is 18.1 Å². The summed E-state index contributed by atoms with van der Waals surface area (Å²) in [6.07, 6.45) is 0.343. The van der Waals surface area contributed by atoms with Gasteiger partial charge in [0.05, 0.1) is 6.61 Å². The summed E-state index contributed by atoms with van der Waals surface area (Å²) in [5, 5.41) is 10.8. The zero-order valence-corrected chi connectivity index (χ0v) is 11.1. The Balaban J connectivity index is 2.92. The predicted molar refractivity (Wildman–Crippen MR) is 69.9 cm³/mol. The average molecular weight is 276 g/mol. The minimum atomic E-state index is -0.922. The summed E-state index contributed by atoms with van der Waals surface area (Å²) in [6, 6.07) is 5.83. The van der Waals surface area contributed by atoms with Gasteiger partial charge < -0.3 is 4.74 Å². The maximum Gasteiger partial charge on any atom is 0.414 e. The first-order chi connectivity index (χ1) is 9.47. The summed E-state index contributed by atoms with van der Waals surface area (Å²) in [4.78, 5) is 22.7. The number of alkyl carbamates (subject to hydrolysis) is 1. The van der Waals surface area contributed by atoms with E-state index in [-0.39, 0.29) is 18.0 Å². The van der Waals surface area contributed by atoms with Crippen LogP contribution in [0.15, 0.2) is 23.8 Å². The number of imide groups is 1. The Bertz CT molecular complexity index is 603. The number of nitriles is 1. The number of ether oxygens (including phenoxy) is 1. The van der Waals surface area contributed by atoms with Crippen molar-refractivity contribution in [2.75, 3.05) is 6.61 Å². The Kier molecular flexibility index (Phi) is 5.42. The molecule has 5 nitrogen and oxygen atoms in total. The van der Waals surface area contributed by atoms with Gasteiger partial charge in [0.1, 0.15) is 17.5 Å². The lowest BCUT2D eigenvalue weighted by Crippen LogP contribution is -2.31. The summed E-state index contributed by atoms with van der Waals surface area (Å²) in [5.41, 5.74) is 0.602. The molecule has 1 aromatic rings. The molecule has 6 heteroatoms. The van der Waals surface area contributed by atoms with E-state index >= 15 is 0 Å². The second kappa shape index (κ2) is 7.04. The van der Waals surface area contributed by atoms with Crippen molar-refractivity contribution in [3.63, 3.8) is 0 Å². The van der Waals surface area contributed by atoms with E-state index in [1.54, 1.807) is 19.9 Å². The molecule has 2 amide bonds. The molecular formula is C14H13FN2O3. The lowest BCUT2D eigenvalue weighted by atomic mass is 10.1. The fourth-order valence-electron chi connectivity index (χ4n) is 1.40. The van der Waals surface area contributed by atoms with Crippen molar-refractivity contribution in [2.24, 2.45) is 0 Å². The fourth-order valence-corrected chi connectivity index (χ4v) is 1.40. The third-order valence-electron chi connectivity index (χ3n) is 2.35. The van der Waals surface area contributed by atoms with Crippen LogP contribution in [0.4, 0.5) is 9.18 Å². The third-order valence-corrected chi connectivity index (χ3v) is 2.35. The van der Waals surface area contributed by atoms with Crippen LogP contribution in [-0.2, 0) is 9.53 Å². The second-order valence-electron chi connectivity index (χ2n) is 3.85. The van der Waals surface area contributed by atoms with E-state index in [0.29, 0.717) is 11.1 Å². The monoisotopic (exact) mass is 276 g/mol. The number of hydrogen-bond donors (Lipinski definition) is 1. The van der Waals surface area contributed by atoms with Crippen molar-refractivity contribution in [1.29, 1.82) is 5.26 Å². The van der Waals surface area contributed by atoms with Crippen LogP contribution in [0.2, 0.25) is 0 Å². The topological polar surface area (TPSA) is 79.2 Å². The van der Waals surface area contributed by atoms with E-state index < -0.39 is 12.0 Å². The number of amides is 2. The zero-order valence-electron chi connectivity index (χ0n) is 11.1. The molecule has 0 aromatic heterocycles. The van der Waals surface area contributed by atoms with Gasteiger partial charge in [0.2, 0.25) is 0 Å². The first kappa shape index (κ1) is 15.4.